The molecule has 0 spiro atoms. The van der Waals surface area contributed by atoms with Crippen LogP contribution in [-0.2, 0) is 14.3 Å². The third kappa shape index (κ3) is 12.3. The van der Waals surface area contributed by atoms with Gasteiger partial charge in [0.1, 0.15) is 6.61 Å². The minimum atomic E-state index is -1.36. The zero-order chi connectivity index (χ0) is 17.4. The maximum Gasteiger partial charge on any atom is 0.334 e. The predicted octanol–water partition coefficient (Wildman–Crippen LogP) is 3.80. The summed E-state index contributed by atoms with van der Waals surface area (Å²) in [5, 5.41) is 8.86. The summed E-state index contributed by atoms with van der Waals surface area (Å²) in [7, 11) is -2.68. The highest BCUT2D eigenvalue weighted by Gasteiger charge is 2.13. The lowest BCUT2D eigenvalue weighted by Crippen LogP contribution is -2.17. The Morgan fingerprint density at radius 1 is 0.955 bits per heavy atom. The Morgan fingerprint density at radius 2 is 1.45 bits per heavy atom. The molecule has 6 heteroatoms. The highest BCUT2D eigenvalue weighted by Crippen LogP contribution is 2.10. The first-order valence-electron chi connectivity index (χ1n) is 7.37. The van der Waals surface area contributed by atoms with Gasteiger partial charge in [-0.1, -0.05) is 62.8 Å². The van der Waals surface area contributed by atoms with Gasteiger partial charge in [-0.3, -0.25) is 0 Å². The molecule has 0 saturated heterocycles. The minimum Gasteiger partial charge on any atom is -0.478 e. The predicted molar refractivity (Wildman–Crippen MR) is 96.3 cm³/mol. The molecule has 0 fully saturated rings. The lowest BCUT2D eigenvalue weighted by Gasteiger charge is -2.10. The number of carboxylic acids is 1. The Bertz CT molecular complexity index is 477. The van der Waals surface area contributed by atoms with Crippen LogP contribution in [0.5, 0.6) is 0 Å². The number of ether oxygens (including phenoxy) is 1. The number of hydrogen-bond donors (Lipinski definition) is 1. The van der Waals surface area contributed by atoms with Crippen LogP contribution in [0.4, 0.5) is 0 Å². The van der Waals surface area contributed by atoms with E-state index >= 15 is 0 Å². The van der Waals surface area contributed by atoms with Crippen LogP contribution >= 0.6 is 0 Å². The van der Waals surface area contributed by atoms with Crippen molar-refractivity contribution >= 4 is 28.1 Å². The van der Waals surface area contributed by atoms with Gasteiger partial charge in [0.2, 0.25) is 0 Å². The van der Waals surface area contributed by atoms with Crippen molar-refractivity contribution in [3.63, 3.8) is 0 Å². The summed E-state index contributed by atoms with van der Waals surface area (Å²) in [6.45, 7) is 13.2. The smallest absolute Gasteiger partial charge is 0.334 e. The fourth-order valence-corrected chi connectivity index (χ4v) is 3.14. The van der Waals surface area contributed by atoms with E-state index in [2.05, 4.69) is 50.7 Å². The molecule has 0 rings (SSSR count). The molecule has 0 aromatic heterocycles. The number of rotatable bonds is 8. The summed E-state index contributed by atoms with van der Waals surface area (Å²) in [4.78, 5) is 22.8. The van der Waals surface area contributed by atoms with E-state index < -0.39 is 28.1 Å². The summed E-state index contributed by atoms with van der Waals surface area (Å²) >= 11 is 0. The quantitative estimate of drug-likeness (QED) is 0.415. The lowest BCUT2D eigenvalue weighted by molar-refractivity contribution is -0.139. The van der Waals surface area contributed by atoms with E-state index in [1.54, 1.807) is 0 Å². The highest BCUT2D eigenvalue weighted by molar-refractivity contribution is 6.81. The van der Waals surface area contributed by atoms with E-state index in [0.717, 1.165) is 6.08 Å². The SMILES string of the molecule is C[Si](C)(C)C=CCOC(=O)C(=CC(=O)O)CC=C[Si](C)(C)C. The molecule has 0 radical (unpaired) electrons. The van der Waals surface area contributed by atoms with Gasteiger partial charge in [-0.15, -0.1) is 0 Å². The number of esters is 1. The molecule has 0 amide bonds. The third-order valence-electron chi connectivity index (χ3n) is 2.44. The number of carbonyl (C=O) groups excluding carboxylic acids is 1. The Hall–Kier alpha value is -1.41. The van der Waals surface area contributed by atoms with Crippen molar-refractivity contribution in [2.45, 2.75) is 45.7 Å². The summed E-state index contributed by atoms with van der Waals surface area (Å²) in [5.74, 6) is -1.70. The van der Waals surface area contributed by atoms with Crippen molar-refractivity contribution in [2.75, 3.05) is 6.61 Å². The van der Waals surface area contributed by atoms with E-state index in [9.17, 15) is 9.59 Å². The average Bonchev–Trinajstić information content (AvgIpc) is 2.30. The molecule has 22 heavy (non-hydrogen) atoms. The summed E-state index contributed by atoms with van der Waals surface area (Å²) in [6.07, 6.45) is 4.91. The lowest BCUT2D eigenvalue weighted by atomic mass is 10.2. The van der Waals surface area contributed by atoms with Crippen molar-refractivity contribution in [3.05, 3.63) is 35.2 Å². The molecule has 0 saturated carbocycles. The number of hydrogen-bond acceptors (Lipinski definition) is 3. The summed E-state index contributed by atoms with van der Waals surface area (Å²) < 4.78 is 5.13. The summed E-state index contributed by atoms with van der Waals surface area (Å²) in [6, 6.07) is 0. The first kappa shape index (κ1) is 20.6. The maximum atomic E-state index is 12.0. The van der Waals surface area contributed by atoms with E-state index in [0.29, 0.717) is 0 Å². The van der Waals surface area contributed by atoms with Crippen LogP contribution in [0, 0.1) is 0 Å². The second kappa shape index (κ2) is 8.90. The van der Waals surface area contributed by atoms with Crippen LogP contribution in [0.25, 0.3) is 0 Å². The first-order valence-corrected chi connectivity index (χ1v) is 14.5. The van der Waals surface area contributed by atoms with Gasteiger partial charge in [0, 0.05) is 11.6 Å². The van der Waals surface area contributed by atoms with Crippen molar-refractivity contribution in [3.8, 4) is 0 Å². The Labute approximate surface area is 135 Å². The minimum absolute atomic E-state index is 0.170. The topological polar surface area (TPSA) is 63.6 Å². The van der Waals surface area contributed by atoms with Gasteiger partial charge in [0.05, 0.1) is 16.1 Å². The Morgan fingerprint density at radius 3 is 1.91 bits per heavy atom. The van der Waals surface area contributed by atoms with Crippen molar-refractivity contribution in [2.24, 2.45) is 0 Å². The number of carboxylic acid groups (broad SMARTS) is 1. The molecule has 1 N–H and O–H groups in total. The molecular formula is C16H28O4Si2. The monoisotopic (exact) mass is 340 g/mol. The van der Waals surface area contributed by atoms with Crippen LogP contribution in [0.1, 0.15) is 6.42 Å². The molecule has 0 aliphatic carbocycles. The Balaban J connectivity index is 4.71. The number of aliphatic carboxylic acids is 1. The number of allylic oxidation sites excluding steroid dienone is 1. The fourth-order valence-electron chi connectivity index (χ4n) is 1.51. The van der Waals surface area contributed by atoms with Crippen molar-refractivity contribution in [1.82, 2.24) is 0 Å². The van der Waals surface area contributed by atoms with Crippen LogP contribution in [0.3, 0.4) is 0 Å². The standard InChI is InChI=1S/C16H28O4Si2/c1-21(2,3)11-7-9-14(13-15(17)18)16(19)20-10-8-12-22(4,5)6/h7-8,11-13H,9-10H2,1-6H3,(H,17,18). The molecule has 0 aliphatic rings. The summed E-state index contributed by atoms with van der Waals surface area (Å²) in [5.41, 5.74) is 4.34. The largest absolute Gasteiger partial charge is 0.478 e. The molecule has 0 aromatic carbocycles. The van der Waals surface area contributed by atoms with Gasteiger partial charge in [-0.2, -0.15) is 0 Å². The van der Waals surface area contributed by atoms with Crippen LogP contribution in [0.2, 0.25) is 39.3 Å². The Kier molecular flexibility index (Phi) is 8.33. The van der Waals surface area contributed by atoms with E-state index in [1.165, 1.54) is 0 Å². The van der Waals surface area contributed by atoms with Gasteiger partial charge >= 0.3 is 11.9 Å². The van der Waals surface area contributed by atoms with E-state index in [4.69, 9.17) is 9.84 Å². The van der Waals surface area contributed by atoms with Gasteiger partial charge in [0.25, 0.3) is 0 Å². The average molecular weight is 341 g/mol. The first-order chi connectivity index (χ1) is 9.91. The highest BCUT2D eigenvalue weighted by atomic mass is 28.3. The third-order valence-corrected chi connectivity index (χ3v) is 4.92. The second-order valence-electron chi connectivity index (χ2n) is 7.35. The van der Waals surface area contributed by atoms with Gasteiger partial charge in [-0.25, -0.2) is 9.59 Å². The van der Waals surface area contributed by atoms with Crippen LogP contribution in [-0.4, -0.2) is 39.8 Å². The normalized spacial score (nSPS) is 13.8. The van der Waals surface area contributed by atoms with Crippen molar-refractivity contribution in [1.29, 1.82) is 0 Å². The van der Waals surface area contributed by atoms with Crippen LogP contribution < -0.4 is 0 Å². The molecule has 0 aromatic rings. The van der Waals surface area contributed by atoms with E-state index in [-0.39, 0.29) is 18.6 Å². The molecule has 0 unspecified atom stereocenters. The van der Waals surface area contributed by atoms with Gasteiger partial charge in [0.15, 0.2) is 0 Å². The zero-order valence-corrected chi connectivity index (χ0v) is 16.5. The molecule has 0 aliphatic heterocycles. The molecule has 124 valence electrons. The number of carbonyl (C=O) groups is 2. The molecule has 0 atom stereocenters. The maximum absolute atomic E-state index is 12.0. The molecule has 0 bridgehead atoms. The van der Waals surface area contributed by atoms with Gasteiger partial charge in [-0.05, 0) is 6.42 Å². The van der Waals surface area contributed by atoms with Gasteiger partial charge < -0.3 is 9.84 Å². The second-order valence-corrected chi connectivity index (χ2v) is 17.5. The molecule has 4 nitrogen and oxygen atoms in total. The van der Waals surface area contributed by atoms with E-state index in [1.807, 2.05) is 12.2 Å². The molecular weight excluding hydrogens is 312 g/mol. The van der Waals surface area contributed by atoms with Crippen LogP contribution in [0.15, 0.2) is 35.2 Å². The zero-order valence-electron chi connectivity index (χ0n) is 14.5. The van der Waals surface area contributed by atoms with Crippen molar-refractivity contribution < 1.29 is 19.4 Å². The fraction of sp³-hybridized carbons (Fsp3) is 0.500. The molecule has 0 heterocycles.